The van der Waals surface area contributed by atoms with Crippen molar-refractivity contribution >= 4 is 16.6 Å². The molecule has 20 heavy (non-hydrogen) atoms. The summed E-state index contributed by atoms with van der Waals surface area (Å²) in [6, 6.07) is 7.99. The van der Waals surface area contributed by atoms with Crippen LogP contribution in [0.25, 0.3) is 10.8 Å². The van der Waals surface area contributed by atoms with Crippen LogP contribution in [-0.2, 0) is 0 Å². The van der Waals surface area contributed by atoms with Crippen LogP contribution in [0.15, 0.2) is 36.7 Å². The summed E-state index contributed by atoms with van der Waals surface area (Å²) in [6.45, 7) is 4.00. The first kappa shape index (κ1) is 14.7. The number of ketones is 1. The molecule has 3 nitrogen and oxygen atoms in total. The number of rotatable bonds is 6. The fraction of sp³-hybridized carbons (Fsp3) is 0.412. The van der Waals surface area contributed by atoms with Gasteiger partial charge in [-0.3, -0.25) is 9.78 Å². The number of nitrogens with two attached hydrogens (primary N) is 1. The van der Waals surface area contributed by atoms with Gasteiger partial charge in [-0.2, -0.15) is 0 Å². The van der Waals surface area contributed by atoms with Crippen molar-refractivity contribution in [1.29, 1.82) is 0 Å². The molecule has 0 spiro atoms. The number of aromatic nitrogens is 1. The van der Waals surface area contributed by atoms with E-state index in [0.29, 0.717) is 0 Å². The lowest BCUT2D eigenvalue weighted by Gasteiger charge is -2.13. The summed E-state index contributed by atoms with van der Waals surface area (Å²) in [5.41, 5.74) is 6.53. The largest absolute Gasteiger partial charge is 0.328 e. The van der Waals surface area contributed by atoms with Gasteiger partial charge in [0.2, 0.25) is 0 Å². The van der Waals surface area contributed by atoms with Gasteiger partial charge in [0.15, 0.2) is 5.78 Å². The number of benzene rings is 1. The highest BCUT2D eigenvalue weighted by Crippen LogP contribution is 2.22. The zero-order valence-corrected chi connectivity index (χ0v) is 12.2. The smallest absolute Gasteiger partial charge is 0.166 e. The topological polar surface area (TPSA) is 56.0 Å². The van der Waals surface area contributed by atoms with E-state index in [1.54, 1.807) is 12.4 Å². The minimum absolute atomic E-state index is 0.0274. The molecule has 0 saturated carbocycles. The molecule has 0 aliphatic heterocycles. The standard InChI is InChI=1S/C17H22N2O/c1-12(5-3-6-13(2)18)17(20)15-8-4-7-14-9-10-19-11-16(14)15/h4,7-13H,3,5-6,18H2,1-2H3. The Hall–Kier alpha value is -1.74. The number of nitrogens with zero attached hydrogens (tertiary/aromatic N) is 1. The Bertz CT molecular complexity index is 587. The van der Waals surface area contributed by atoms with Gasteiger partial charge < -0.3 is 5.73 Å². The van der Waals surface area contributed by atoms with Gasteiger partial charge in [-0.1, -0.05) is 31.5 Å². The van der Waals surface area contributed by atoms with E-state index in [2.05, 4.69) is 4.98 Å². The third-order valence-electron chi connectivity index (χ3n) is 3.69. The third kappa shape index (κ3) is 3.42. The van der Waals surface area contributed by atoms with Crippen LogP contribution < -0.4 is 5.73 Å². The Balaban J connectivity index is 2.14. The second kappa shape index (κ2) is 6.62. The molecule has 0 bridgehead atoms. The van der Waals surface area contributed by atoms with Gasteiger partial charge in [0, 0.05) is 35.3 Å². The second-order valence-corrected chi connectivity index (χ2v) is 5.58. The molecule has 106 valence electrons. The van der Waals surface area contributed by atoms with E-state index < -0.39 is 0 Å². The highest BCUT2D eigenvalue weighted by atomic mass is 16.1. The van der Waals surface area contributed by atoms with Crippen molar-refractivity contribution in [2.75, 3.05) is 0 Å². The highest BCUT2D eigenvalue weighted by molar-refractivity contribution is 6.08. The number of Topliss-reactive ketones (excluding diaryl/α,β-unsaturated/α-hetero) is 1. The fourth-order valence-electron chi connectivity index (χ4n) is 2.47. The fourth-order valence-corrected chi connectivity index (χ4v) is 2.47. The summed E-state index contributed by atoms with van der Waals surface area (Å²) in [5.74, 6) is 0.229. The van der Waals surface area contributed by atoms with Crippen molar-refractivity contribution in [3.8, 4) is 0 Å². The second-order valence-electron chi connectivity index (χ2n) is 5.58. The summed E-state index contributed by atoms with van der Waals surface area (Å²) >= 11 is 0. The minimum atomic E-state index is 0.0274. The summed E-state index contributed by atoms with van der Waals surface area (Å²) in [5, 5.41) is 2.01. The average Bonchev–Trinajstić information content (AvgIpc) is 2.45. The van der Waals surface area contributed by atoms with Gasteiger partial charge in [0.25, 0.3) is 0 Å². The zero-order valence-electron chi connectivity index (χ0n) is 12.2. The maximum absolute atomic E-state index is 12.6. The lowest BCUT2D eigenvalue weighted by molar-refractivity contribution is 0.0923. The lowest BCUT2D eigenvalue weighted by atomic mass is 9.91. The van der Waals surface area contributed by atoms with Crippen LogP contribution in [0.5, 0.6) is 0 Å². The normalized spacial score (nSPS) is 14.2. The number of hydrogen-bond acceptors (Lipinski definition) is 3. The Labute approximate surface area is 120 Å². The quantitative estimate of drug-likeness (QED) is 0.816. The van der Waals surface area contributed by atoms with E-state index in [9.17, 15) is 4.79 Å². The SMILES string of the molecule is CC(N)CCCC(C)C(=O)c1cccc2ccncc12. The molecule has 1 aromatic carbocycles. The molecule has 2 aromatic rings. The van der Waals surface area contributed by atoms with E-state index in [4.69, 9.17) is 5.73 Å². The summed E-state index contributed by atoms with van der Waals surface area (Å²) in [4.78, 5) is 16.7. The van der Waals surface area contributed by atoms with Crippen molar-refractivity contribution in [3.63, 3.8) is 0 Å². The van der Waals surface area contributed by atoms with E-state index in [-0.39, 0.29) is 17.7 Å². The van der Waals surface area contributed by atoms with Crippen molar-refractivity contribution < 1.29 is 4.79 Å². The Morgan fingerprint density at radius 3 is 2.80 bits per heavy atom. The Morgan fingerprint density at radius 2 is 2.05 bits per heavy atom. The van der Waals surface area contributed by atoms with Gasteiger partial charge in [-0.25, -0.2) is 0 Å². The first-order valence-electron chi connectivity index (χ1n) is 7.22. The first-order chi connectivity index (χ1) is 9.59. The van der Waals surface area contributed by atoms with Crippen molar-refractivity contribution in [2.45, 2.75) is 39.2 Å². The molecule has 2 rings (SSSR count). The Morgan fingerprint density at radius 1 is 1.25 bits per heavy atom. The predicted octanol–water partition coefficient (Wildman–Crippen LogP) is 3.57. The van der Waals surface area contributed by atoms with Crippen LogP contribution in [0.4, 0.5) is 0 Å². The van der Waals surface area contributed by atoms with Gasteiger partial charge in [-0.15, -0.1) is 0 Å². The molecule has 0 amide bonds. The van der Waals surface area contributed by atoms with E-state index in [0.717, 1.165) is 35.6 Å². The highest BCUT2D eigenvalue weighted by Gasteiger charge is 2.17. The van der Waals surface area contributed by atoms with Crippen LogP contribution in [0, 0.1) is 5.92 Å². The van der Waals surface area contributed by atoms with Crippen LogP contribution >= 0.6 is 0 Å². The maximum Gasteiger partial charge on any atom is 0.166 e. The van der Waals surface area contributed by atoms with Crippen LogP contribution in [0.2, 0.25) is 0 Å². The summed E-state index contributed by atoms with van der Waals surface area (Å²) < 4.78 is 0. The molecule has 0 aliphatic carbocycles. The molecule has 0 aliphatic rings. The zero-order chi connectivity index (χ0) is 14.5. The molecule has 2 unspecified atom stereocenters. The van der Waals surface area contributed by atoms with Crippen LogP contribution in [0.1, 0.15) is 43.5 Å². The third-order valence-corrected chi connectivity index (χ3v) is 3.69. The monoisotopic (exact) mass is 270 g/mol. The van der Waals surface area contributed by atoms with Crippen LogP contribution in [0.3, 0.4) is 0 Å². The average molecular weight is 270 g/mol. The molecule has 1 heterocycles. The van der Waals surface area contributed by atoms with Crippen molar-refractivity contribution in [1.82, 2.24) is 4.98 Å². The molecule has 2 N–H and O–H groups in total. The molecule has 1 aromatic heterocycles. The molecular formula is C17H22N2O. The number of carbonyl (C=O) groups excluding carboxylic acids is 1. The van der Waals surface area contributed by atoms with Gasteiger partial charge in [0.1, 0.15) is 0 Å². The maximum atomic E-state index is 12.6. The van der Waals surface area contributed by atoms with E-state index in [1.165, 1.54) is 0 Å². The van der Waals surface area contributed by atoms with Crippen molar-refractivity contribution in [3.05, 3.63) is 42.2 Å². The van der Waals surface area contributed by atoms with Gasteiger partial charge in [0.05, 0.1) is 0 Å². The van der Waals surface area contributed by atoms with Crippen LogP contribution in [-0.4, -0.2) is 16.8 Å². The number of hydrogen-bond donors (Lipinski definition) is 1. The molecule has 0 radical (unpaired) electrons. The molecular weight excluding hydrogens is 248 g/mol. The number of carbonyl (C=O) groups is 1. The Kier molecular flexibility index (Phi) is 4.85. The summed E-state index contributed by atoms with van der Waals surface area (Å²) in [6.07, 6.45) is 6.37. The lowest BCUT2D eigenvalue weighted by Crippen LogP contribution is -2.16. The number of pyridine rings is 1. The first-order valence-corrected chi connectivity index (χ1v) is 7.22. The summed E-state index contributed by atoms with van der Waals surface area (Å²) in [7, 11) is 0. The van der Waals surface area contributed by atoms with Crippen molar-refractivity contribution in [2.24, 2.45) is 11.7 Å². The van der Waals surface area contributed by atoms with E-state index in [1.807, 2.05) is 38.1 Å². The molecule has 2 atom stereocenters. The van der Waals surface area contributed by atoms with Gasteiger partial charge in [-0.05, 0) is 31.2 Å². The minimum Gasteiger partial charge on any atom is -0.328 e. The van der Waals surface area contributed by atoms with E-state index >= 15 is 0 Å². The number of fused-ring (bicyclic) bond motifs is 1. The predicted molar refractivity (Wildman–Crippen MR) is 82.7 cm³/mol. The van der Waals surface area contributed by atoms with Gasteiger partial charge >= 0.3 is 0 Å². The molecule has 0 fully saturated rings. The molecule has 3 heteroatoms. The molecule has 0 saturated heterocycles.